The zero-order chi connectivity index (χ0) is 6.24. The third-order valence-corrected chi connectivity index (χ3v) is 0.910. The average molecular weight is 110 g/mol. The first kappa shape index (κ1) is 7.48. The first-order chi connectivity index (χ1) is 3.91. The van der Waals surface area contributed by atoms with E-state index in [1.54, 1.807) is 0 Å². The molecule has 0 spiro atoms. The van der Waals surface area contributed by atoms with Crippen molar-refractivity contribution in [1.82, 2.24) is 0 Å². The molecule has 0 aromatic heterocycles. The van der Waals surface area contributed by atoms with Crippen molar-refractivity contribution >= 4 is 0 Å². The van der Waals surface area contributed by atoms with Gasteiger partial charge in [0.2, 0.25) is 0 Å². The second-order valence-corrected chi connectivity index (χ2v) is 1.68. The largest absolute Gasteiger partial charge is 0.0914 e. The number of rotatable bonds is 3. The molecule has 0 saturated heterocycles. The van der Waals surface area contributed by atoms with E-state index in [1.165, 1.54) is 0 Å². The second-order valence-electron chi connectivity index (χ2n) is 1.68. The molecule has 0 heteroatoms. The molecule has 0 unspecified atom stereocenters. The SMILES string of the molecule is C/C=C\C/C=C/CC. The third kappa shape index (κ3) is 5.48. The average Bonchev–Trinajstić information content (AvgIpc) is 1.81. The molecule has 0 aliphatic carbocycles. The van der Waals surface area contributed by atoms with Crippen LogP contribution in [-0.4, -0.2) is 0 Å². The van der Waals surface area contributed by atoms with Crippen LogP contribution in [0.1, 0.15) is 26.7 Å². The van der Waals surface area contributed by atoms with E-state index in [4.69, 9.17) is 0 Å². The zero-order valence-electron chi connectivity index (χ0n) is 5.72. The van der Waals surface area contributed by atoms with Crippen molar-refractivity contribution < 1.29 is 0 Å². The summed E-state index contributed by atoms with van der Waals surface area (Å²) in [6.07, 6.45) is 10.8. The van der Waals surface area contributed by atoms with Crippen molar-refractivity contribution in [3.63, 3.8) is 0 Å². The Morgan fingerprint density at radius 1 is 1.12 bits per heavy atom. The molecule has 0 aliphatic heterocycles. The fraction of sp³-hybridized carbons (Fsp3) is 0.500. The monoisotopic (exact) mass is 110 g/mol. The van der Waals surface area contributed by atoms with E-state index in [-0.39, 0.29) is 0 Å². The van der Waals surface area contributed by atoms with Crippen LogP contribution in [0.15, 0.2) is 24.3 Å². The lowest BCUT2D eigenvalue weighted by Crippen LogP contribution is -1.56. The molecule has 0 aliphatic rings. The van der Waals surface area contributed by atoms with Crippen LogP contribution in [0.4, 0.5) is 0 Å². The lowest BCUT2D eigenvalue weighted by atomic mass is 10.3. The van der Waals surface area contributed by atoms with Crippen molar-refractivity contribution in [2.24, 2.45) is 0 Å². The Hall–Kier alpha value is -0.520. The van der Waals surface area contributed by atoms with Gasteiger partial charge in [0.15, 0.2) is 0 Å². The van der Waals surface area contributed by atoms with Gasteiger partial charge in [-0.25, -0.2) is 0 Å². The van der Waals surface area contributed by atoms with Gasteiger partial charge in [-0.3, -0.25) is 0 Å². The van der Waals surface area contributed by atoms with Gasteiger partial charge >= 0.3 is 0 Å². The van der Waals surface area contributed by atoms with E-state index < -0.39 is 0 Å². The molecule has 0 aromatic carbocycles. The minimum Gasteiger partial charge on any atom is -0.0914 e. The molecule has 0 radical (unpaired) electrons. The number of allylic oxidation sites excluding steroid dienone is 4. The van der Waals surface area contributed by atoms with Gasteiger partial charge in [0, 0.05) is 0 Å². The Balaban J connectivity index is 3.03. The van der Waals surface area contributed by atoms with Crippen LogP contribution in [-0.2, 0) is 0 Å². The van der Waals surface area contributed by atoms with Gasteiger partial charge in [0.05, 0.1) is 0 Å². The van der Waals surface area contributed by atoms with Gasteiger partial charge in [0.25, 0.3) is 0 Å². The van der Waals surface area contributed by atoms with Gasteiger partial charge in [-0.05, 0) is 19.8 Å². The first-order valence-corrected chi connectivity index (χ1v) is 3.18. The summed E-state index contributed by atoms with van der Waals surface area (Å²) in [7, 11) is 0. The van der Waals surface area contributed by atoms with Crippen molar-refractivity contribution in [2.45, 2.75) is 26.7 Å². The number of hydrogen-bond acceptors (Lipinski definition) is 0. The molecule has 0 fully saturated rings. The standard InChI is InChI=1S/C8H14/c1-3-5-7-8-6-4-2/h3,5-6,8H,4,7H2,1-2H3/b5-3-,8-6+. The smallest absolute Gasteiger partial charge is 0.0169 e. The third-order valence-electron chi connectivity index (χ3n) is 0.910. The molecule has 0 nitrogen and oxygen atoms in total. The van der Waals surface area contributed by atoms with E-state index in [0.29, 0.717) is 0 Å². The molecule has 0 N–H and O–H groups in total. The molecule has 0 rings (SSSR count). The van der Waals surface area contributed by atoms with Crippen molar-refractivity contribution in [3.8, 4) is 0 Å². The van der Waals surface area contributed by atoms with Gasteiger partial charge in [-0.2, -0.15) is 0 Å². The Morgan fingerprint density at radius 3 is 2.38 bits per heavy atom. The summed E-state index contributed by atoms with van der Waals surface area (Å²) >= 11 is 0. The Kier molecular flexibility index (Phi) is 6.06. The van der Waals surface area contributed by atoms with Crippen LogP contribution in [0.3, 0.4) is 0 Å². The molecule has 0 aromatic rings. The van der Waals surface area contributed by atoms with Gasteiger partial charge in [0.1, 0.15) is 0 Å². The maximum absolute atomic E-state index is 2.18. The Labute approximate surface area is 51.9 Å². The maximum Gasteiger partial charge on any atom is -0.0169 e. The zero-order valence-corrected chi connectivity index (χ0v) is 5.72. The minimum absolute atomic E-state index is 1.09. The quantitative estimate of drug-likeness (QED) is 0.490. The topological polar surface area (TPSA) is 0 Å². The molecular formula is C8H14. The van der Waals surface area contributed by atoms with E-state index in [1.807, 2.05) is 6.92 Å². The maximum atomic E-state index is 2.18. The Bertz CT molecular complexity index is 78.0. The van der Waals surface area contributed by atoms with E-state index in [2.05, 4.69) is 31.2 Å². The van der Waals surface area contributed by atoms with Gasteiger partial charge < -0.3 is 0 Å². The predicted octanol–water partition coefficient (Wildman–Crippen LogP) is 2.92. The van der Waals surface area contributed by atoms with Crippen LogP contribution in [0, 0.1) is 0 Å². The molecule has 0 amide bonds. The highest BCUT2D eigenvalue weighted by Crippen LogP contribution is 1.86. The summed E-state index contributed by atoms with van der Waals surface area (Å²) in [4.78, 5) is 0. The summed E-state index contributed by atoms with van der Waals surface area (Å²) in [6, 6.07) is 0. The summed E-state index contributed by atoms with van der Waals surface area (Å²) < 4.78 is 0. The fourth-order valence-corrected chi connectivity index (χ4v) is 0.478. The highest BCUT2D eigenvalue weighted by atomic mass is 13.7. The highest BCUT2D eigenvalue weighted by Gasteiger charge is 1.65. The van der Waals surface area contributed by atoms with E-state index in [0.717, 1.165) is 12.8 Å². The molecule has 0 saturated carbocycles. The molecular weight excluding hydrogens is 96.1 g/mol. The summed E-state index contributed by atoms with van der Waals surface area (Å²) in [6.45, 7) is 4.19. The van der Waals surface area contributed by atoms with Crippen molar-refractivity contribution in [3.05, 3.63) is 24.3 Å². The fourth-order valence-electron chi connectivity index (χ4n) is 0.478. The van der Waals surface area contributed by atoms with Crippen LogP contribution in [0.2, 0.25) is 0 Å². The molecule has 46 valence electrons. The van der Waals surface area contributed by atoms with Crippen LogP contribution >= 0.6 is 0 Å². The summed E-state index contributed by atoms with van der Waals surface area (Å²) in [5, 5.41) is 0. The molecule has 0 atom stereocenters. The second kappa shape index (κ2) is 6.48. The lowest BCUT2D eigenvalue weighted by Gasteiger charge is -1.77. The Morgan fingerprint density at radius 2 is 1.88 bits per heavy atom. The van der Waals surface area contributed by atoms with E-state index >= 15 is 0 Å². The van der Waals surface area contributed by atoms with Crippen LogP contribution in [0.5, 0.6) is 0 Å². The highest BCUT2D eigenvalue weighted by molar-refractivity contribution is 4.90. The van der Waals surface area contributed by atoms with Crippen LogP contribution < -0.4 is 0 Å². The normalized spacial score (nSPS) is 11.8. The van der Waals surface area contributed by atoms with Gasteiger partial charge in [-0.15, -0.1) is 0 Å². The number of hydrogen-bond donors (Lipinski definition) is 0. The van der Waals surface area contributed by atoms with Crippen LogP contribution in [0.25, 0.3) is 0 Å². The van der Waals surface area contributed by atoms with Gasteiger partial charge in [-0.1, -0.05) is 31.2 Å². The van der Waals surface area contributed by atoms with Crippen molar-refractivity contribution in [1.29, 1.82) is 0 Å². The predicted molar refractivity (Wildman–Crippen MR) is 38.9 cm³/mol. The first-order valence-electron chi connectivity index (χ1n) is 3.18. The molecule has 8 heavy (non-hydrogen) atoms. The van der Waals surface area contributed by atoms with E-state index in [9.17, 15) is 0 Å². The molecule has 0 heterocycles. The lowest BCUT2D eigenvalue weighted by molar-refractivity contribution is 1.20. The molecule has 0 bridgehead atoms. The summed E-state index contributed by atoms with van der Waals surface area (Å²) in [5.74, 6) is 0. The minimum atomic E-state index is 1.09. The van der Waals surface area contributed by atoms with Crippen molar-refractivity contribution in [2.75, 3.05) is 0 Å². The summed E-state index contributed by atoms with van der Waals surface area (Å²) in [5.41, 5.74) is 0.